The van der Waals surface area contributed by atoms with Crippen molar-refractivity contribution in [3.63, 3.8) is 0 Å². The van der Waals surface area contributed by atoms with Gasteiger partial charge in [0.05, 0.1) is 5.41 Å². The maximum atomic E-state index is 11.4. The molecule has 0 aromatic carbocycles. The van der Waals surface area contributed by atoms with Crippen molar-refractivity contribution in [3.05, 3.63) is 0 Å². The minimum absolute atomic E-state index is 0.0174. The Morgan fingerprint density at radius 1 is 1.35 bits per heavy atom. The topological polar surface area (TPSA) is 75.6 Å². The van der Waals surface area contributed by atoms with Gasteiger partial charge in [-0.05, 0) is 19.3 Å². The van der Waals surface area contributed by atoms with Crippen LogP contribution >= 0.6 is 0 Å². The zero-order valence-electron chi connectivity index (χ0n) is 10.3. The van der Waals surface area contributed by atoms with Gasteiger partial charge in [-0.3, -0.25) is 9.59 Å². The molecule has 1 saturated carbocycles. The number of hydrogen-bond acceptors (Lipinski definition) is 3. The van der Waals surface area contributed by atoms with Gasteiger partial charge in [-0.25, -0.2) is 0 Å². The van der Waals surface area contributed by atoms with Crippen LogP contribution in [0.3, 0.4) is 0 Å². The molecule has 0 aromatic heterocycles. The first-order valence-electron chi connectivity index (χ1n) is 6.18. The first kappa shape index (κ1) is 14.0. The summed E-state index contributed by atoms with van der Waals surface area (Å²) in [5, 5.41) is 11.9. The summed E-state index contributed by atoms with van der Waals surface area (Å²) >= 11 is 0. The van der Waals surface area contributed by atoms with E-state index < -0.39 is 11.4 Å². The van der Waals surface area contributed by atoms with Crippen LogP contribution in [-0.2, 0) is 14.3 Å². The van der Waals surface area contributed by atoms with Gasteiger partial charge in [-0.1, -0.05) is 19.8 Å². The third-order valence-electron chi connectivity index (χ3n) is 3.22. The van der Waals surface area contributed by atoms with E-state index in [-0.39, 0.29) is 19.1 Å². The number of ether oxygens (including phenoxy) is 1. The molecule has 1 amide bonds. The number of carbonyl (C=O) groups is 2. The first-order valence-corrected chi connectivity index (χ1v) is 6.18. The number of aliphatic carboxylic acids is 1. The lowest BCUT2D eigenvalue weighted by atomic mass is 9.86. The van der Waals surface area contributed by atoms with E-state index in [1.165, 1.54) is 0 Å². The summed E-state index contributed by atoms with van der Waals surface area (Å²) in [5.41, 5.74) is -0.750. The Morgan fingerprint density at radius 3 is 2.53 bits per heavy atom. The molecule has 0 aromatic rings. The summed E-state index contributed by atoms with van der Waals surface area (Å²) in [6, 6.07) is 0. The maximum Gasteiger partial charge on any atom is 0.311 e. The van der Waals surface area contributed by atoms with Crippen LogP contribution in [0.15, 0.2) is 0 Å². The molecule has 0 radical (unpaired) electrons. The van der Waals surface area contributed by atoms with Crippen LogP contribution in [0.25, 0.3) is 0 Å². The maximum absolute atomic E-state index is 11.4. The molecule has 0 unspecified atom stereocenters. The highest BCUT2D eigenvalue weighted by atomic mass is 16.5. The Hall–Kier alpha value is -1.10. The second-order valence-corrected chi connectivity index (χ2v) is 4.62. The summed E-state index contributed by atoms with van der Waals surface area (Å²) in [6.07, 6.45) is 4.02. The van der Waals surface area contributed by atoms with Crippen LogP contribution in [0.1, 0.15) is 39.0 Å². The Bertz CT molecular complexity index is 272. The van der Waals surface area contributed by atoms with Crippen molar-refractivity contribution in [2.45, 2.75) is 39.0 Å². The highest BCUT2D eigenvalue weighted by molar-refractivity contribution is 5.80. The molecular formula is C12H21NO4. The number of carboxylic acids is 1. The highest BCUT2D eigenvalue weighted by Crippen LogP contribution is 2.37. The Balaban J connectivity index is 2.32. The van der Waals surface area contributed by atoms with E-state index in [1.807, 2.05) is 6.92 Å². The van der Waals surface area contributed by atoms with Gasteiger partial charge in [0.2, 0.25) is 5.91 Å². The second-order valence-electron chi connectivity index (χ2n) is 4.62. The fourth-order valence-electron chi connectivity index (χ4n) is 2.15. The molecule has 1 fully saturated rings. The number of carboxylic acid groups (broad SMARTS) is 1. The average molecular weight is 243 g/mol. The predicted octanol–water partition coefficient (Wildman–Crippen LogP) is 1.17. The molecule has 0 saturated heterocycles. The highest BCUT2D eigenvalue weighted by Gasteiger charge is 2.41. The van der Waals surface area contributed by atoms with Gasteiger partial charge < -0.3 is 15.2 Å². The van der Waals surface area contributed by atoms with Crippen LogP contribution in [0.4, 0.5) is 0 Å². The number of amides is 1. The summed E-state index contributed by atoms with van der Waals surface area (Å²) in [6.45, 7) is 2.76. The molecule has 17 heavy (non-hydrogen) atoms. The van der Waals surface area contributed by atoms with Crippen LogP contribution in [-0.4, -0.2) is 36.7 Å². The molecule has 0 spiro atoms. The predicted molar refractivity (Wildman–Crippen MR) is 62.7 cm³/mol. The summed E-state index contributed by atoms with van der Waals surface area (Å²) in [4.78, 5) is 22.6. The normalized spacial score (nSPS) is 17.9. The van der Waals surface area contributed by atoms with Crippen LogP contribution in [0.5, 0.6) is 0 Å². The zero-order valence-corrected chi connectivity index (χ0v) is 10.3. The van der Waals surface area contributed by atoms with E-state index in [9.17, 15) is 14.7 Å². The smallest absolute Gasteiger partial charge is 0.311 e. The Labute approximate surface area is 102 Å². The third kappa shape index (κ3) is 4.00. The fourth-order valence-corrected chi connectivity index (χ4v) is 2.15. The van der Waals surface area contributed by atoms with Crippen molar-refractivity contribution in [2.24, 2.45) is 5.41 Å². The van der Waals surface area contributed by atoms with Crippen LogP contribution < -0.4 is 5.32 Å². The lowest BCUT2D eigenvalue weighted by Gasteiger charge is -2.23. The molecule has 0 aliphatic heterocycles. The molecule has 98 valence electrons. The van der Waals surface area contributed by atoms with Crippen molar-refractivity contribution >= 4 is 11.9 Å². The van der Waals surface area contributed by atoms with Crippen LogP contribution in [0, 0.1) is 5.41 Å². The molecule has 0 atom stereocenters. The molecule has 1 aliphatic rings. The molecule has 1 aliphatic carbocycles. The lowest BCUT2D eigenvalue weighted by Crippen LogP contribution is -2.42. The van der Waals surface area contributed by atoms with E-state index in [4.69, 9.17) is 4.74 Å². The number of nitrogens with one attached hydrogen (secondary N) is 1. The van der Waals surface area contributed by atoms with Gasteiger partial charge in [-0.2, -0.15) is 0 Å². The molecule has 5 heteroatoms. The van der Waals surface area contributed by atoms with Crippen molar-refractivity contribution in [2.75, 3.05) is 19.8 Å². The summed E-state index contributed by atoms with van der Waals surface area (Å²) in [7, 11) is 0. The number of hydrogen-bond donors (Lipinski definition) is 2. The first-order chi connectivity index (χ1) is 8.10. The molecule has 5 nitrogen and oxygen atoms in total. The lowest BCUT2D eigenvalue weighted by molar-refractivity contribution is -0.148. The van der Waals surface area contributed by atoms with E-state index in [0.717, 1.165) is 19.3 Å². The van der Waals surface area contributed by atoms with E-state index in [0.29, 0.717) is 19.4 Å². The SMILES string of the molecule is CCCOCC(=O)NCC1(C(=O)O)CCCC1. The summed E-state index contributed by atoms with van der Waals surface area (Å²) in [5.74, 6) is -1.03. The van der Waals surface area contributed by atoms with E-state index in [2.05, 4.69) is 5.32 Å². The average Bonchev–Trinajstić information content (AvgIpc) is 2.77. The van der Waals surface area contributed by atoms with Gasteiger partial charge in [0.15, 0.2) is 0 Å². The molecule has 1 rings (SSSR count). The monoisotopic (exact) mass is 243 g/mol. The minimum Gasteiger partial charge on any atom is -0.481 e. The zero-order chi connectivity index (χ0) is 12.7. The standard InChI is InChI=1S/C12H21NO4/c1-2-7-17-8-10(14)13-9-12(11(15)16)5-3-4-6-12/h2-9H2,1H3,(H,13,14)(H,15,16). The molecule has 2 N–H and O–H groups in total. The number of rotatable bonds is 7. The fraction of sp³-hybridized carbons (Fsp3) is 0.833. The van der Waals surface area contributed by atoms with E-state index >= 15 is 0 Å². The van der Waals surface area contributed by atoms with Crippen molar-refractivity contribution in [1.82, 2.24) is 5.32 Å². The number of carbonyl (C=O) groups excluding carboxylic acids is 1. The molecule has 0 bridgehead atoms. The quantitative estimate of drug-likeness (QED) is 0.658. The Kier molecular flexibility index (Phi) is 5.41. The van der Waals surface area contributed by atoms with Crippen molar-refractivity contribution < 1.29 is 19.4 Å². The minimum atomic E-state index is -0.801. The second kappa shape index (κ2) is 6.59. The van der Waals surface area contributed by atoms with Gasteiger partial charge in [0.1, 0.15) is 6.61 Å². The van der Waals surface area contributed by atoms with Gasteiger partial charge >= 0.3 is 5.97 Å². The Morgan fingerprint density at radius 2 is 2.00 bits per heavy atom. The summed E-state index contributed by atoms with van der Waals surface area (Å²) < 4.78 is 5.09. The van der Waals surface area contributed by atoms with Gasteiger partial charge in [0.25, 0.3) is 0 Å². The third-order valence-corrected chi connectivity index (χ3v) is 3.22. The van der Waals surface area contributed by atoms with Crippen molar-refractivity contribution in [3.8, 4) is 0 Å². The van der Waals surface area contributed by atoms with E-state index in [1.54, 1.807) is 0 Å². The molecule has 0 heterocycles. The van der Waals surface area contributed by atoms with Gasteiger partial charge in [-0.15, -0.1) is 0 Å². The van der Waals surface area contributed by atoms with Gasteiger partial charge in [0, 0.05) is 13.2 Å². The largest absolute Gasteiger partial charge is 0.481 e. The van der Waals surface area contributed by atoms with Crippen LogP contribution in [0.2, 0.25) is 0 Å². The van der Waals surface area contributed by atoms with Crippen molar-refractivity contribution in [1.29, 1.82) is 0 Å². The molecular weight excluding hydrogens is 222 g/mol.